The van der Waals surface area contributed by atoms with Crippen molar-refractivity contribution in [3.05, 3.63) is 101 Å². The number of hydrogen-bond donors (Lipinski definition) is 1. The fraction of sp³-hybridized carbons (Fsp3) is 0.0909. The van der Waals surface area contributed by atoms with Crippen LogP contribution in [0.15, 0.2) is 78.9 Å². The summed E-state index contributed by atoms with van der Waals surface area (Å²) in [5.74, 6) is -2.33. The van der Waals surface area contributed by atoms with E-state index in [-0.39, 0.29) is 17.1 Å². The number of carbonyl (C=O) groups is 2. The van der Waals surface area contributed by atoms with Gasteiger partial charge in [0.05, 0.1) is 5.02 Å². The van der Waals surface area contributed by atoms with Crippen LogP contribution in [0.5, 0.6) is 0 Å². The number of halogens is 2. The van der Waals surface area contributed by atoms with E-state index >= 15 is 0 Å². The van der Waals surface area contributed by atoms with E-state index < -0.39 is 23.7 Å². The first kappa shape index (κ1) is 19.6. The van der Waals surface area contributed by atoms with Gasteiger partial charge in [-0.3, -0.25) is 9.69 Å². The molecule has 3 rings (SSSR count). The summed E-state index contributed by atoms with van der Waals surface area (Å²) in [6.45, 7) is 0. The molecule has 0 heterocycles. The van der Waals surface area contributed by atoms with Crippen LogP contribution in [0, 0.1) is 5.82 Å². The summed E-state index contributed by atoms with van der Waals surface area (Å²) >= 11 is 5.89. The Morgan fingerprint density at radius 2 is 1.57 bits per heavy atom. The molecule has 4 nitrogen and oxygen atoms in total. The highest BCUT2D eigenvalue weighted by Crippen LogP contribution is 2.27. The topological polar surface area (TPSA) is 57.6 Å². The monoisotopic (exact) mass is 397 g/mol. The van der Waals surface area contributed by atoms with Gasteiger partial charge in [-0.25, -0.2) is 9.18 Å². The lowest BCUT2D eigenvalue weighted by molar-refractivity contribution is -0.138. The number of aliphatic carboxylic acids is 1. The largest absolute Gasteiger partial charge is 0.480 e. The van der Waals surface area contributed by atoms with E-state index in [1.54, 1.807) is 54.6 Å². The molecule has 0 spiro atoms. The molecule has 0 aliphatic carbocycles. The normalized spacial score (nSPS) is 11.6. The molecular formula is C22H17ClFNO3. The summed E-state index contributed by atoms with van der Waals surface area (Å²) < 4.78 is 13.6. The molecule has 0 bridgehead atoms. The van der Waals surface area contributed by atoms with Crippen molar-refractivity contribution in [1.82, 2.24) is 0 Å². The van der Waals surface area contributed by atoms with Crippen LogP contribution >= 0.6 is 11.6 Å². The highest BCUT2D eigenvalue weighted by atomic mass is 35.5. The van der Waals surface area contributed by atoms with E-state index in [0.717, 1.165) is 16.5 Å². The first-order chi connectivity index (χ1) is 13.5. The molecule has 1 atom stereocenters. The number of carboxylic acid groups (broad SMARTS) is 1. The van der Waals surface area contributed by atoms with Crippen molar-refractivity contribution in [2.24, 2.45) is 0 Å². The third-order valence-electron chi connectivity index (χ3n) is 4.29. The highest BCUT2D eigenvalue weighted by Gasteiger charge is 2.32. The minimum atomic E-state index is -1.20. The van der Waals surface area contributed by atoms with E-state index in [0.29, 0.717) is 5.56 Å². The second-order valence-corrected chi connectivity index (χ2v) is 6.59. The maximum atomic E-state index is 13.6. The van der Waals surface area contributed by atoms with E-state index in [1.807, 2.05) is 6.07 Å². The van der Waals surface area contributed by atoms with Gasteiger partial charge < -0.3 is 5.11 Å². The van der Waals surface area contributed by atoms with Crippen LogP contribution < -0.4 is 4.90 Å². The average Bonchev–Trinajstić information content (AvgIpc) is 2.71. The highest BCUT2D eigenvalue weighted by molar-refractivity contribution is 6.31. The molecule has 0 radical (unpaired) electrons. The molecule has 3 aromatic rings. The van der Waals surface area contributed by atoms with Crippen molar-refractivity contribution in [2.75, 3.05) is 4.90 Å². The van der Waals surface area contributed by atoms with Gasteiger partial charge in [0.25, 0.3) is 5.91 Å². The molecule has 0 saturated carbocycles. The SMILES string of the molecule is O=C(O)[C@@H](Cc1ccccc1)N(C(=O)c1ccccc1)c1ccc(F)c(Cl)c1. The molecule has 3 aromatic carbocycles. The summed E-state index contributed by atoms with van der Waals surface area (Å²) in [7, 11) is 0. The third-order valence-corrected chi connectivity index (χ3v) is 4.58. The molecule has 0 saturated heterocycles. The summed E-state index contributed by atoms with van der Waals surface area (Å²) in [5, 5.41) is 9.70. The number of amides is 1. The third kappa shape index (κ3) is 4.38. The lowest BCUT2D eigenvalue weighted by atomic mass is 10.0. The van der Waals surface area contributed by atoms with E-state index in [2.05, 4.69) is 0 Å². The lowest BCUT2D eigenvalue weighted by Crippen LogP contribution is -2.46. The first-order valence-corrected chi connectivity index (χ1v) is 8.95. The summed E-state index contributed by atoms with van der Waals surface area (Å²) in [6.07, 6.45) is 0.0870. The molecule has 0 aliphatic rings. The molecule has 0 unspecified atom stereocenters. The molecule has 142 valence electrons. The number of hydrogen-bond acceptors (Lipinski definition) is 2. The van der Waals surface area contributed by atoms with Gasteiger partial charge in [0.1, 0.15) is 11.9 Å². The Balaban J connectivity index is 2.08. The van der Waals surface area contributed by atoms with E-state index in [4.69, 9.17) is 11.6 Å². The van der Waals surface area contributed by atoms with Crippen LogP contribution in [0.2, 0.25) is 5.02 Å². The number of nitrogens with zero attached hydrogens (tertiary/aromatic N) is 1. The van der Waals surface area contributed by atoms with E-state index in [9.17, 15) is 19.1 Å². The zero-order chi connectivity index (χ0) is 20.1. The molecule has 28 heavy (non-hydrogen) atoms. The van der Waals surface area contributed by atoms with Crippen molar-refractivity contribution in [1.29, 1.82) is 0 Å². The van der Waals surface area contributed by atoms with Gasteiger partial charge in [-0.15, -0.1) is 0 Å². The second kappa shape index (κ2) is 8.67. The van der Waals surface area contributed by atoms with Crippen LogP contribution in [0.25, 0.3) is 0 Å². The Hall–Kier alpha value is -3.18. The van der Waals surface area contributed by atoms with Crippen LogP contribution in [-0.4, -0.2) is 23.0 Å². The molecule has 1 N–H and O–H groups in total. The number of carbonyl (C=O) groups excluding carboxylic acids is 1. The Morgan fingerprint density at radius 1 is 0.964 bits per heavy atom. The Kier molecular flexibility index (Phi) is 6.06. The average molecular weight is 398 g/mol. The minimum absolute atomic E-state index is 0.0870. The standard InChI is InChI=1S/C22H17ClFNO3/c23-18-14-17(11-12-19(18)24)25(21(26)16-9-5-2-6-10-16)20(22(27)28)13-15-7-3-1-4-8-15/h1-12,14,20H,13H2,(H,27,28)/t20-/m1/s1. The van der Waals surface area contributed by atoms with Crippen LogP contribution in [-0.2, 0) is 11.2 Å². The molecule has 0 aromatic heterocycles. The van der Waals surface area contributed by atoms with Crippen LogP contribution in [0.1, 0.15) is 15.9 Å². The van der Waals surface area contributed by atoms with E-state index in [1.165, 1.54) is 12.1 Å². The van der Waals surface area contributed by atoms with Gasteiger partial charge in [-0.2, -0.15) is 0 Å². The van der Waals surface area contributed by atoms with Crippen molar-refractivity contribution >= 4 is 29.2 Å². The molecule has 1 amide bonds. The predicted octanol–water partition coefficient (Wildman–Crippen LogP) is 4.82. The van der Waals surface area contributed by atoms with Crippen molar-refractivity contribution < 1.29 is 19.1 Å². The molecule has 0 fully saturated rings. The van der Waals surface area contributed by atoms with Gasteiger partial charge in [0, 0.05) is 17.7 Å². The first-order valence-electron chi connectivity index (χ1n) is 8.58. The Bertz CT molecular complexity index is 980. The second-order valence-electron chi connectivity index (χ2n) is 6.18. The maximum Gasteiger partial charge on any atom is 0.327 e. The number of rotatable bonds is 6. The number of carboxylic acids is 1. The van der Waals surface area contributed by atoms with Gasteiger partial charge in [-0.05, 0) is 35.9 Å². The quantitative estimate of drug-likeness (QED) is 0.648. The zero-order valence-electron chi connectivity index (χ0n) is 14.8. The van der Waals surface area contributed by atoms with Crippen molar-refractivity contribution in [3.63, 3.8) is 0 Å². The van der Waals surface area contributed by atoms with Crippen LogP contribution in [0.3, 0.4) is 0 Å². The lowest BCUT2D eigenvalue weighted by Gasteiger charge is -2.29. The summed E-state index contributed by atoms with van der Waals surface area (Å²) in [6, 6.07) is 19.9. The van der Waals surface area contributed by atoms with Gasteiger partial charge in [-0.1, -0.05) is 60.1 Å². The summed E-state index contributed by atoms with van der Waals surface area (Å²) in [5.41, 5.74) is 1.29. The van der Waals surface area contributed by atoms with Crippen molar-refractivity contribution in [3.8, 4) is 0 Å². The summed E-state index contributed by atoms with van der Waals surface area (Å²) in [4.78, 5) is 26.5. The van der Waals surface area contributed by atoms with Gasteiger partial charge >= 0.3 is 5.97 Å². The predicted molar refractivity (Wildman–Crippen MR) is 106 cm³/mol. The molecule has 0 aliphatic heterocycles. The van der Waals surface area contributed by atoms with Gasteiger partial charge in [0.15, 0.2) is 0 Å². The fourth-order valence-corrected chi connectivity index (χ4v) is 3.09. The number of benzene rings is 3. The van der Waals surface area contributed by atoms with Crippen LogP contribution in [0.4, 0.5) is 10.1 Å². The Morgan fingerprint density at radius 3 is 2.14 bits per heavy atom. The van der Waals surface area contributed by atoms with Crippen molar-refractivity contribution in [2.45, 2.75) is 12.5 Å². The Labute approximate surface area is 166 Å². The maximum absolute atomic E-state index is 13.6. The van der Waals surface area contributed by atoms with Gasteiger partial charge in [0.2, 0.25) is 0 Å². The molecular weight excluding hydrogens is 381 g/mol. The minimum Gasteiger partial charge on any atom is -0.480 e. The zero-order valence-corrected chi connectivity index (χ0v) is 15.5. The molecule has 6 heteroatoms. The number of anilines is 1. The fourth-order valence-electron chi connectivity index (χ4n) is 2.92. The smallest absolute Gasteiger partial charge is 0.327 e.